The Balaban J connectivity index is 2.14. The second kappa shape index (κ2) is 5.10. The van der Waals surface area contributed by atoms with Crippen molar-refractivity contribution in [3.8, 4) is 0 Å². The molecule has 4 heteroatoms. The fraction of sp³-hybridized carbons (Fsp3) is 0.231. The molecule has 0 spiro atoms. The van der Waals surface area contributed by atoms with Gasteiger partial charge in [0.05, 0.1) is 5.69 Å². The van der Waals surface area contributed by atoms with Crippen LogP contribution in [0.1, 0.15) is 36.0 Å². The first-order valence-corrected chi connectivity index (χ1v) is 6.38. The molecule has 0 saturated carbocycles. The van der Waals surface area contributed by atoms with Gasteiger partial charge in [0, 0.05) is 11.6 Å². The van der Waals surface area contributed by atoms with Gasteiger partial charge in [-0.1, -0.05) is 19.9 Å². The monoisotopic (exact) mass is 245 g/mol. The van der Waals surface area contributed by atoms with E-state index in [2.05, 4.69) is 29.2 Å². The Kier molecular flexibility index (Phi) is 3.54. The molecule has 0 aromatic carbocycles. The van der Waals surface area contributed by atoms with Gasteiger partial charge >= 0.3 is 0 Å². The zero-order chi connectivity index (χ0) is 12.3. The molecule has 0 radical (unpaired) electrons. The van der Waals surface area contributed by atoms with E-state index in [0.29, 0.717) is 11.7 Å². The second-order valence-electron chi connectivity index (χ2n) is 4.11. The number of thiazole rings is 1. The highest BCUT2D eigenvalue weighted by molar-refractivity contribution is 7.10. The van der Waals surface area contributed by atoms with Crippen LogP contribution in [0.15, 0.2) is 23.7 Å². The van der Waals surface area contributed by atoms with Crippen molar-refractivity contribution in [1.82, 2.24) is 9.97 Å². The van der Waals surface area contributed by atoms with Crippen molar-refractivity contribution < 1.29 is 0 Å². The molecule has 0 atom stereocenters. The van der Waals surface area contributed by atoms with E-state index in [4.69, 9.17) is 5.73 Å². The summed E-state index contributed by atoms with van der Waals surface area (Å²) in [5.41, 5.74) is 7.80. The molecule has 0 unspecified atom stereocenters. The van der Waals surface area contributed by atoms with Crippen molar-refractivity contribution >= 4 is 29.3 Å². The maximum absolute atomic E-state index is 5.61. The maximum Gasteiger partial charge on any atom is 0.123 e. The van der Waals surface area contributed by atoms with E-state index in [1.54, 1.807) is 17.5 Å². The van der Waals surface area contributed by atoms with Gasteiger partial charge in [0.1, 0.15) is 10.8 Å². The highest BCUT2D eigenvalue weighted by Crippen LogP contribution is 2.19. The summed E-state index contributed by atoms with van der Waals surface area (Å²) in [5, 5.41) is 3.12. The number of hydrogen-bond acceptors (Lipinski definition) is 4. The van der Waals surface area contributed by atoms with E-state index >= 15 is 0 Å². The Morgan fingerprint density at radius 1 is 1.35 bits per heavy atom. The Morgan fingerprint density at radius 2 is 2.18 bits per heavy atom. The minimum absolute atomic E-state index is 0.477. The van der Waals surface area contributed by atoms with Crippen LogP contribution >= 0.6 is 11.3 Å². The van der Waals surface area contributed by atoms with Gasteiger partial charge < -0.3 is 5.73 Å². The summed E-state index contributed by atoms with van der Waals surface area (Å²) >= 11 is 1.66. The molecule has 0 saturated heterocycles. The number of anilines is 1. The van der Waals surface area contributed by atoms with Crippen LogP contribution in [0.5, 0.6) is 0 Å². The minimum atomic E-state index is 0.477. The zero-order valence-corrected chi connectivity index (χ0v) is 10.7. The Labute approximate surface area is 105 Å². The molecule has 2 N–H and O–H groups in total. The number of rotatable bonds is 3. The fourth-order valence-electron chi connectivity index (χ4n) is 1.38. The average Bonchev–Trinajstić information content (AvgIpc) is 2.75. The molecule has 2 heterocycles. The van der Waals surface area contributed by atoms with Crippen LogP contribution in [0.4, 0.5) is 5.82 Å². The topological polar surface area (TPSA) is 51.8 Å². The van der Waals surface area contributed by atoms with E-state index in [1.165, 1.54) is 0 Å². The number of aromatic nitrogens is 2. The molecule has 2 aromatic heterocycles. The molecule has 0 bridgehead atoms. The lowest BCUT2D eigenvalue weighted by Gasteiger charge is -1.96. The molecule has 2 rings (SSSR count). The molecule has 0 aliphatic rings. The number of hydrogen-bond donors (Lipinski definition) is 1. The Bertz CT molecular complexity index is 529. The van der Waals surface area contributed by atoms with Crippen molar-refractivity contribution in [3.63, 3.8) is 0 Å². The summed E-state index contributed by atoms with van der Waals surface area (Å²) in [6, 6.07) is 3.76. The lowest BCUT2D eigenvalue weighted by Crippen LogP contribution is -1.88. The van der Waals surface area contributed by atoms with Crippen LogP contribution in [0.25, 0.3) is 12.2 Å². The quantitative estimate of drug-likeness (QED) is 0.901. The van der Waals surface area contributed by atoms with Gasteiger partial charge in [0.25, 0.3) is 0 Å². The average molecular weight is 245 g/mol. The van der Waals surface area contributed by atoms with Crippen molar-refractivity contribution in [1.29, 1.82) is 0 Å². The normalized spacial score (nSPS) is 11.5. The number of nitrogens with zero attached hydrogens (tertiary/aromatic N) is 2. The first-order chi connectivity index (χ1) is 8.15. The van der Waals surface area contributed by atoms with Crippen LogP contribution in [-0.4, -0.2) is 9.97 Å². The fourth-order valence-corrected chi connectivity index (χ4v) is 2.25. The lowest BCUT2D eigenvalue weighted by atomic mass is 10.2. The Hall–Kier alpha value is -1.68. The molecule has 3 nitrogen and oxygen atoms in total. The van der Waals surface area contributed by atoms with Crippen molar-refractivity contribution in [2.75, 3.05) is 5.73 Å². The smallest absolute Gasteiger partial charge is 0.123 e. The standard InChI is InChI=1S/C13H15N3S/c1-9(2)11-8-17-13(16-11)4-3-10-5-6-15-12(14)7-10/h3-9H,1-2H3,(H2,14,15)/b4-3+. The van der Waals surface area contributed by atoms with E-state index in [-0.39, 0.29) is 0 Å². The molecular weight excluding hydrogens is 230 g/mol. The third-order valence-corrected chi connectivity index (χ3v) is 3.18. The van der Waals surface area contributed by atoms with Gasteiger partial charge in [-0.15, -0.1) is 11.3 Å². The number of pyridine rings is 1. The van der Waals surface area contributed by atoms with Gasteiger partial charge in [0.2, 0.25) is 0 Å². The molecule has 17 heavy (non-hydrogen) atoms. The molecule has 88 valence electrons. The molecular formula is C13H15N3S. The van der Waals surface area contributed by atoms with Crippen LogP contribution in [-0.2, 0) is 0 Å². The SMILES string of the molecule is CC(C)c1csc(/C=C/c2ccnc(N)c2)n1. The molecule has 0 fully saturated rings. The summed E-state index contributed by atoms with van der Waals surface area (Å²) in [6.07, 6.45) is 5.71. The highest BCUT2D eigenvalue weighted by atomic mass is 32.1. The molecule has 0 amide bonds. The Morgan fingerprint density at radius 3 is 2.82 bits per heavy atom. The lowest BCUT2D eigenvalue weighted by molar-refractivity contribution is 0.832. The second-order valence-corrected chi connectivity index (χ2v) is 5.00. The largest absolute Gasteiger partial charge is 0.384 e. The highest BCUT2D eigenvalue weighted by Gasteiger charge is 2.02. The van der Waals surface area contributed by atoms with Crippen LogP contribution in [0, 0.1) is 0 Å². The van der Waals surface area contributed by atoms with E-state index in [1.807, 2.05) is 24.3 Å². The van der Waals surface area contributed by atoms with Crippen LogP contribution in [0.2, 0.25) is 0 Å². The van der Waals surface area contributed by atoms with Gasteiger partial charge in [-0.05, 0) is 29.7 Å². The van der Waals surface area contributed by atoms with E-state index in [9.17, 15) is 0 Å². The summed E-state index contributed by atoms with van der Waals surface area (Å²) in [7, 11) is 0. The summed E-state index contributed by atoms with van der Waals surface area (Å²) < 4.78 is 0. The van der Waals surface area contributed by atoms with E-state index in [0.717, 1.165) is 16.3 Å². The van der Waals surface area contributed by atoms with Gasteiger partial charge in [-0.25, -0.2) is 9.97 Å². The third-order valence-electron chi connectivity index (χ3n) is 2.35. The first kappa shape index (κ1) is 11.8. The van der Waals surface area contributed by atoms with Gasteiger partial charge in [0.15, 0.2) is 0 Å². The van der Waals surface area contributed by atoms with Crippen molar-refractivity contribution in [3.05, 3.63) is 40.0 Å². The van der Waals surface area contributed by atoms with Crippen molar-refractivity contribution in [2.24, 2.45) is 0 Å². The van der Waals surface area contributed by atoms with Crippen molar-refractivity contribution in [2.45, 2.75) is 19.8 Å². The maximum atomic E-state index is 5.61. The summed E-state index contributed by atoms with van der Waals surface area (Å²) in [4.78, 5) is 8.49. The van der Waals surface area contributed by atoms with Crippen LogP contribution < -0.4 is 5.73 Å². The molecule has 0 aliphatic heterocycles. The summed E-state index contributed by atoms with van der Waals surface area (Å²) in [6.45, 7) is 4.29. The van der Waals surface area contributed by atoms with E-state index < -0.39 is 0 Å². The van der Waals surface area contributed by atoms with Gasteiger partial charge in [-0.3, -0.25) is 0 Å². The zero-order valence-electron chi connectivity index (χ0n) is 9.92. The van der Waals surface area contributed by atoms with Crippen LogP contribution in [0.3, 0.4) is 0 Å². The predicted octanol–water partition coefficient (Wildman–Crippen LogP) is 3.41. The predicted molar refractivity (Wildman–Crippen MR) is 73.8 cm³/mol. The van der Waals surface area contributed by atoms with Gasteiger partial charge in [-0.2, -0.15) is 0 Å². The summed E-state index contributed by atoms with van der Waals surface area (Å²) in [5.74, 6) is 1.01. The molecule has 2 aromatic rings. The third kappa shape index (κ3) is 3.14. The first-order valence-electron chi connectivity index (χ1n) is 5.50. The number of nitrogens with two attached hydrogens (primary N) is 1. The number of nitrogen functional groups attached to an aromatic ring is 1. The molecule has 0 aliphatic carbocycles. The minimum Gasteiger partial charge on any atom is -0.384 e.